The van der Waals surface area contributed by atoms with Crippen LogP contribution in [-0.2, 0) is 0 Å². The van der Waals surface area contributed by atoms with Gasteiger partial charge in [-0.2, -0.15) is 5.10 Å². The Hall–Kier alpha value is -3.29. The number of hydrogen-bond donors (Lipinski definition) is 4. The average molecular weight is 395 g/mol. The van der Waals surface area contributed by atoms with Crippen LogP contribution in [0, 0.1) is 12.8 Å². The predicted molar refractivity (Wildman–Crippen MR) is 109 cm³/mol. The Labute approximate surface area is 168 Å². The molecule has 0 radical (unpaired) electrons. The minimum Gasteiger partial charge on any atom is -0.508 e. The number of carbonyl (C=O) groups is 2. The van der Waals surface area contributed by atoms with Crippen molar-refractivity contribution in [2.24, 2.45) is 5.92 Å². The van der Waals surface area contributed by atoms with E-state index >= 15 is 0 Å². The van der Waals surface area contributed by atoms with Gasteiger partial charge in [0.1, 0.15) is 11.4 Å². The van der Waals surface area contributed by atoms with Crippen LogP contribution in [0.3, 0.4) is 0 Å². The zero-order chi connectivity index (χ0) is 20.4. The van der Waals surface area contributed by atoms with Gasteiger partial charge in [0.25, 0.3) is 11.8 Å². The third-order valence-electron chi connectivity index (χ3n) is 5.60. The van der Waals surface area contributed by atoms with Crippen molar-refractivity contribution in [1.29, 1.82) is 0 Å². The van der Waals surface area contributed by atoms with Crippen LogP contribution in [0.4, 0.5) is 0 Å². The molecule has 1 atom stereocenters. The maximum absolute atomic E-state index is 12.9. The van der Waals surface area contributed by atoms with Gasteiger partial charge in [0, 0.05) is 42.3 Å². The second kappa shape index (κ2) is 7.98. The maximum atomic E-state index is 12.9. The van der Waals surface area contributed by atoms with Crippen molar-refractivity contribution >= 4 is 22.7 Å². The van der Waals surface area contributed by atoms with Crippen molar-refractivity contribution in [2.45, 2.75) is 26.2 Å². The quantitative estimate of drug-likeness (QED) is 0.544. The molecule has 29 heavy (non-hydrogen) atoms. The zero-order valence-corrected chi connectivity index (χ0v) is 16.4. The number of rotatable bonds is 4. The fourth-order valence-corrected chi connectivity index (χ4v) is 3.89. The number of phenolic OH excluding ortho intramolecular Hbond substituents is 1. The second-order valence-electron chi connectivity index (χ2n) is 7.66. The van der Waals surface area contributed by atoms with E-state index in [2.05, 4.69) is 20.5 Å². The largest absolute Gasteiger partial charge is 0.508 e. The summed E-state index contributed by atoms with van der Waals surface area (Å²) in [6, 6.07) is 6.85. The standard InChI is InChI=1S/C21H25N5O3/c1-13-17(12-23-25-13)20(28)22-11-14-3-2-7-26(8-6-14)21(29)19-9-15-4-5-16(27)10-18(15)24-19/h4-5,9-10,12,14,24,27H,2-3,6-8,11H2,1H3,(H,22,28)(H,23,25). The average Bonchev–Trinajstić information content (AvgIpc) is 3.24. The first-order valence-corrected chi connectivity index (χ1v) is 9.90. The van der Waals surface area contributed by atoms with E-state index in [1.165, 1.54) is 6.20 Å². The Bertz CT molecular complexity index is 1040. The van der Waals surface area contributed by atoms with E-state index in [1.807, 2.05) is 17.9 Å². The lowest BCUT2D eigenvalue weighted by molar-refractivity contribution is 0.0754. The number of nitrogens with zero attached hydrogens (tertiary/aromatic N) is 2. The highest BCUT2D eigenvalue weighted by molar-refractivity contribution is 5.98. The fourth-order valence-electron chi connectivity index (χ4n) is 3.89. The minimum absolute atomic E-state index is 0.0283. The molecule has 1 saturated heterocycles. The van der Waals surface area contributed by atoms with Gasteiger partial charge in [-0.15, -0.1) is 0 Å². The summed E-state index contributed by atoms with van der Waals surface area (Å²) in [7, 11) is 0. The first-order chi connectivity index (χ1) is 14.0. The predicted octanol–water partition coefficient (Wildman–Crippen LogP) is 2.58. The molecule has 1 aliphatic rings. The van der Waals surface area contributed by atoms with Gasteiger partial charge in [-0.1, -0.05) is 0 Å². The van der Waals surface area contributed by atoms with E-state index in [9.17, 15) is 14.7 Å². The van der Waals surface area contributed by atoms with Gasteiger partial charge in [0.2, 0.25) is 0 Å². The van der Waals surface area contributed by atoms with Crippen LogP contribution in [0.5, 0.6) is 5.75 Å². The number of carbonyl (C=O) groups excluding carboxylic acids is 2. The highest BCUT2D eigenvalue weighted by Gasteiger charge is 2.23. The van der Waals surface area contributed by atoms with Crippen LogP contribution in [0.1, 0.15) is 45.8 Å². The number of aromatic amines is 2. The summed E-state index contributed by atoms with van der Waals surface area (Å²) in [5, 5.41) is 20.2. The van der Waals surface area contributed by atoms with Crippen molar-refractivity contribution in [3.8, 4) is 5.75 Å². The third kappa shape index (κ3) is 4.11. The molecule has 1 fully saturated rings. The Kier molecular flexibility index (Phi) is 5.24. The molecule has 4 rings (SSSR count). The molecule has 2 aromatic heterocycles. The molecule has 3 aromatic rings. The summed E-state index contributed by atoms with van der Waals surface area (Å²) >= 11 is 0. The number of aromatic nitrogens is 3. The molecule has 4 N–H and O–H groups in total. The summed E-state index contributed by atoms with van der Waals surface area (Å²) in [6.45, 7) is 3.77. The van der Waals surface area contributed by atoms with Crippen LogP contribution >= 0.6 is 0 Å². The number of aromatic hydroxyl groups is 1. The summed E-state index contributed by atoms with van der Waals surface area (Å²) < 4.78 is 0. The number of fused-ring (bicyclic) bond motifs is 1. The van der Waals surface area contributed by atoms with Gasteiger partial charge in [-0.25, -0.2) is 0 Å². The Morgan fingerprint density at radius 3 is 2.93 bits per heavy atom. The van der Waals surface area contributed by atoms with Gasteiger partial charge in [-0.05, 0) is 50.3 Å². The van der Waals surface area contributed by atoms with Crippen LogP contribution < -0.4 is 5.32 Å². The van der Waals surface area contributed by atoms with Gasteiger partial charge >= 0.3 is 0 Å². The van der Waals surface area contributed by atoms with E-state index in [4.69, 9.17) is 0 Å². The normalized spacial score (nSPS) is 17.3. The smallest absolute Gasteiger partial charge is 0.270 e. The third-order valence-corrected chi connectivity index (χ3v) is 5.60. The molecule has 0 bridgehead atoms. The lowest BCUT2D eigenvalue weighted by Crippen LogP contribution is -2.33. The molecule has 8 nitrogen and oxygen atoms in total. The van der Waals surface area contributed by atoms with E-state index in [1.54, 1.807) is 18.2 Å². The van der Waals surface area contributed by atoms with Crippen LogP contribution in [0.2, 0.25) is 0 Å². The fraction of sp³-hybridized carbons (Fsp3) is 0.381. The molecule has 8 heteroatoms. The lowest BCUT2D eigenvalue weighted by atomic mass is 10.0. The molecule has 1 aromatic carbocycles. The summed E-state index contributed by atoms with van der Waals surface area (Å²) in [5.74, 6) is 0.362. The highest BCUT2D eigenvalue weighted by atomic mass is 16.3. The topological polar surface area (TPSA) is 114 Å². The Morgan fingerprint density at radius 1 is 1.28 bits per heavy atom. The van der Waals surface area contributed by atoms with Crippen LogP contribution in [0.25, 0.3) is 10.9 Å². The number of benzene rings is 1. The number of H-pyrrole nitrogens is 2. The molecule has 1 unspecified atom stereocenters. The van der Waals surface area contributed by atoms with Crippen molar-refractivity contribution in [1.82, 2.24) is 25.4 Å². The molecular formula is C21H25N5O3. The van der Waals surface area contributed by atoms with Gasteiger partial charge in [0.15, 0.2) is 0 Å². The van der Waals surface area contributed by atoms with Crippen molar-refractivity contribution in [3.63, 3.8) is 0 Å². The van der Waals surface area contributed by atoms with E-state index in [0.717, 1.165) is 35.9 Å². The summed E-state index contributed by atoms with van der Waals surface area (Å²) in [4.78, 5) is 30.2. The molecule has 0 aliphatic carbocycles. The molecule has 1 aliphatic heterocycles. The van der Waals surface area contributed by atoms with Crippen LogP contribution in [-0.4, -0.2) is 56.6 Å². The summed E-state index contributed by atoms with van der Waals surface area (Å²) in [6.07, 6.45) is 4.25. The first-order valence-electron chi connectivity index (χ1n) is 9.90. The molecule has 3 heterocycles. The Morgan fingerprint density at radius 2 is 2.14 bits per heavy atom. The summed E-state index contributed by atoms with van der Waals surface area (Å²) in [5.41, 5.74) is 2.61. The number of phenols is 1. The number of aryl methyl sites for hydroxylation is 1. The molecule has 152 valence electrons. The van der Waals surface area contributed by atoms with Gasteiger partial charge < -0.3 is 20.3 Å². The maximum Gasteiger partial charge on any atom is 0.270 e. The Balaban J connectivity index is 1.34. The minimum atomic E-state index is -0.116. The van der Waals surface area contributed by atoms with Gasteiger partial charge in [-0.3, -0.25) is 14.7 Å². The van der Waals surface area contributed by atoms with Gasteiger partial charge in [0.05, 0.1) is 11.8 Å². The highest BCUT2D eigenvalue weighted by Crippen LogP contribution is 2.23. The molecule has 2 amide bonds. The number of amides is 2. The zero-order valence-electron chi connectivity index (χ0n) is 16.4. The van der Waals surface area contributed by atoms with Crippen LogP contribution in [0.15, 0.2) is 30.5 Å². The SMILES string of the molecule is Cc1[nH]ncc1C(=O)NCC1CCCN(C(=O)c2cc3ccc(O)cc3[nH]2)CC1. The first kappa shape index (κ1) is 19.0. The lowest BCUT2D eigenvalue weighted by Gasteiger charge is -2.20. The molecule has 0 spiro atoms. The second-order valence-corrected chi connectivity index (χ2v) is 7.66. The number of hydrogen-bond acceptors (Lipinski definition) is 4. The van der Waals surface area contributed by atoms with E-state index in [0.29, 0.717) is 36.8 Å². The molecule has 0 saturated carbocycles. The van der Waals surface area contributed by atoms with Crippen molar-refractivity contribution < 1.29 is 14.7 Å². The number of likely N-dealkylation sites (tertiary alicyclic amines) is 1. The number of nitrogens with one attached hydrogen (secondary N) is 3. The van der Waals surface area contributed by atoms with E-state index < -0.39 is 0 Å². The van der Waals surface area contributed by atoms with Crippen molar-refractivity contribution in [3.05, 3.63) is 47.4 Å². The van der Waals surface area contributed by atoms with Crippen molar-refractivity contribution in [2.75, 3.05) is 19.6 Å². The molecular weight excluding hydrogens is 370 g/mol. The monoisotopic (exact) mass is 395 g/mol. The van der Waals surface area contributed by atoms with E-state index in [-0.39, 0.29) is 17.6 Å².